The third-order valence-electron chi connectivity index (χ3n) is 5.74. The Bertz CT molecular complexity index is 841. The Balaban J connectivity index is 1.67. The smallest absolute Gasteiger partial charge is 0.0447 e. The van der Waals surface area contributed by atoms with Gasteiger partial charge in [-0.1, -0.05) is 24.3 Å². The van der Waals surface area contributed by atoms with Gasteiger partial charge in [0.2, 0.25) is 0 Å². The number of hydrogen-bond acceptors (Lipinski definition) is 4. The molecule has 0 aliphatic heterocycles. The minimum atomic E-state index is 0.241. The number of hydrogen-bond donors (Lipinski definition) is 0. The standard InChI is InChI=1S/C24H20N4/c1-3-13-27-19(9-1)23-21(17-7-5-11-25-15-17)22(18-8-6-12-26-16-18)24(23)20-10-2-4-14-28-20/h1-16,21-24H/t21-,22+,23+,24-. The van der Waals surface area contributed by atoms with Crippen LogP contribution in [0.2, 0.25) is 0 Å². The fraction of sp³-hybridized carbons (Fsp3) is 0.167. The van der Waals surface area contributed by atoms with Gasteiger partial charge in [0, 0.05) is 72.2 Å². The molecule has 4 heteroatoms. The summed E-state index contributed by atoms with van der Waals surface area (Å²) in [6, 6.07) is 20.7. The van der Waals surface area contributed by atoms with Gasteiger partial charge in [0.05, 0.1) is 0 Å². The van der Waals surface area contributed by atoms with Crippen LogP contribution in [0, 0.1) is 0 Å². The molecule has 4 aromatic rings. The summed E-state index contributed by atoms with van der Waals surface area (Å²) in [5.41, 5.74) is 4.68. The van der Waals surface area contributed by atoms with Crippen LogP contribution in [0.5, 0.6) is 0 Å². The number of pyridine rings is 4. The predicted molar refractivity (Wildman–Crippen MR) is 108 cm³/mol. The van der Waals surface area contributed by atoms with Crippen molar-refractivity contribution in [2.75, 3.05) is 0 Å². The van der Waals surface area contributed by atoms with E-state index in [4.69, 9.17) is 9.97 Å². The van der Waals surface area contributed by atoms with Gasteiger partial charge >= 0.3 is 0 Å². The third-order valence-corrected chi connectivity index (χ3v) is 5.74. The Labute approximate surface area is 164 Å². The Morgan fingerprint density at radius 1 is 0.464 bits per heavy atom. The van der Waals surface area contributed by atoms with Crippen LogP contribution < -0.4 is 0 Å². The zero-order chi connectivity index (χ0) is 18.8. The molecule has 1 aliphatic carbocycles. The second-order valence-corrected chi connectivity index (χ2v) is 7.19. The zero-order valence-corrected chi connectivity index (χ0v) is 15.3. The molecule has 0 amide bonds. The highest BCUT2D eigenvalue weighted by atomic mass is 14.8. The lowest BCUT2D eigenvalue weighted by atomic mass is 9.51. The molecule has 4 atom stereocenters. The first kappa shape index (κ1) is 16.8. The van der Waals surface area contributed by atoms with Crippen molar-refractivity contribution in [3.05, 3.63) is 120 Å². The molecule has 1 aliphatic rings. The average Bonchev–Trinajstić information content (AvgIpc) is 2.76. The number of rotatable bonds is 4. The van der Waals surface area contributed by atoms with Gasteiger partial charge in [-0.25, -0.2) is 0 Å². The number of aromatic nitrogens is 4. The van der Waals surface area contributed by atoms with Gasteiger partial charge in [-0.15, -0.1) is 0 Å². The second-order valence-electron chi connectivity index (χ2n) is 7.19. The normalized spacial score (nSPS) is 23.7. The molecule has 0 N–H and O–H groups in total. The molecule has 0 aromatic carbocycles. The van der Waals surface area contributed by atoms with Gasteiger partial charge in [-0.3, -0.25) is 19.9 Å². The Morgan fingerprint density at radius 3 is 1.32 bits per heavy atom. The molecule has 5 rings (SSSR count). The van der Waals surface area contributed by atoms with Gasteiger partial charge in [0.15, 0.2) is 0 Å². The van der Waals surface area contributed by atoms with Crippen molar-refractivity contribution >= 4 is 0 Å². The van der Waals surface area contributed by atoms with Crippen LogP contribution in [0.15, 0.2) is 97.8 Å². The summed E-state index contributed by atoms with van der Waals surface area (Å²) in [5, 5.41) is 0. The summed E-state index contributed by atoms with van der Waals surface area (Å²) in [6.45, 7) is 0. The highest BCUT2D eigenvalue weighted by Gasteiger charge is 2.54. The second kappa shape index (κ2) is 7.31. The topological polar surface area (TPSA) is 51.6 Å². The predicted octanol–water partition coefficient (Wildman–Crippen LogP) is 4.72. The van der Waals surface area contributed by atoms with E-state index in [0.29, 0.717) is 0 Å². The van der Waals surface area contributed by atoms with Crippen LogP contribution >= 0.6 is 0 Å². The van der Waals surface area contributed by atoms with E-state index in [1.54, 1.807) is 0 Å². The quantitative estimate of drug-likeness (QED) is 0.526. The molecule has 136 valence electrons. The fourth-order valence-electron chi connectivity index (χ4n) is 4.61. The van der Waals surface area contributed by atoms with E-state index in [1.165, 1.54) is 11.1 Å². The van der Waals surface area contributed by atoms with E-state index in [1.807, 2.05) is 61.4 Å². The molecule has 0 saturated heterocycles. The lowest BCUT2D eigenvalue weighted by Gasteiger charge is -2.52. The van der Waals surface area contributed by atoms with E-state index in [-0.39, 0.29) is 23.7 Å². The molecule has 0 radical (unpaired) electrons. The van der Waals surface area contributed by atoms with Gasteiger partial charge in [-0.2, -0.15) is 0 Å². The number of nitrogens with zero attached hydrogens (tertiary/aromatic N) is 4. The Hall–Kier alpha value is -3.40. The van der Waals surface area contributed by atoms with Gasteiger partial charge in [-0.05, 0) is 47.5 Å². The van der Waals surface area contributed by atoms with Crippen LogP contribution in [-0.2, 0) is 0 Å². The van der Waals surface area contributed by atoms with E-state index in [0.717, 1.165) is 11.4 Å². The summed E-state index contributed by atoms with van der Waals surface area (Å²) in [5.74, 6) is 1.04. The molecule has 0 spiro atoms. The lowest BCUT2D eigenvalue weighted by Crippen LogP contribution is -2.41. The first-order valence-electron chi connectivity index (χ1n) is 9.55. The SMILES string of the molecule is c1ccc([C@@H]2[C@@H](c3cccnc3)[C@@H](c3cccnc3)[C@@H]2c2ccccn2)nc1. The molecule has 1 saturated carbocycles. The molecule has 4 nitrogen and oxygen atoms in total. The summed E-state index contributed by atoms with van der Waals surface area (Å²) >= 11 is 0. The van der Waals surface area contributed by atoms with Crippen molar-refractivity contribution in [3.8, 4) is 0 Å². The highest BCUT2D eigenvalue weighted by Crippen LogP contribution is 2.65. The molecular weight excluding hydrogens is 344 g/mol. The summed E-state index contributed by atoms with van der Waals surface area (Å²) in [7, 11) is 0. The molecule has 0 bridgehead atoms. The van der Waals surface area contributed by atoms with Crippen LogP contribution in [0.3, 0.4) is 0 Å². The van der Waals surface area contributed by atoms with E-state index < -0.39 is 0 Å². The van der Waals surface area contributed by atoms with Crippen LogP contribution in [0.25, 0.3) is 0 Å². The van der Waals surface area contributed by atoms with E-state index in [9.17, 15) is 0 Å². The van der Waals surface area contributed by atoms with Crippen LogP contribution in [0.4, 0.5) is 0 Å². The fourth-order valence-corrected chi connectivity index (χ4v) is 4.61. The van der Waals surface area contributed by atoms with E-state index in [2.05, 4.69) is 46.4 Å². The largest absolute Gasteiger partial charge is 0.264 e. The lowest BCUT2D eigenvalue weighted by molar-refractivity contribution is 0.219. The van der Waals surface area contributed by atoms with E-state index >= 15 is 0 Å². The maximum atomic E-state index is 4.72. The van der Waals surface area contributed by atoms with Crippen molar-refractivity contribution in [1.29, 1.82) is 0 Å². The monoisotopic (exact) mass is 364 g/mol. The van der Waals surface area contributed by atoms with Crippen molar-refractivity contribution in [2.24, 2.45) is 0 Å². The minimum absolute atomic E-state index is 0.241. The Morgan fingerprint density at radius 2 is 0.964 bits per heavy atom. The van der Waals surface area contributed by atoms with Gasteiger partial charge in [0.25, 0.3) is 0 Å². The van der Waals surface area contributed by atoms with Crippen LogP contribution in [-0.4, -0.2) is 19.9 Å². The first-order valence-corrected chi connectivity index (χ1v) is 9.55. The van der Waals surface area contributed by atoms with Crippen molar-refractivity contribution in [2.45, 2.75) is 23.7 Å². The molecule has 28 heavy (non-hydrogen) atoms. The zero-order valence-electron chi connectivity index (χ0n) is 15.3. The van der Waals surface area contributed by atoms with Gasteiger partial charge < -0.3 is 0 Å². The molecule has 0 unspecified atom stereocenters. The molecule has 4 heterocycles. The summed E-state index contributed by atoms with van der Waals surface area (Å²) < 4.78 is 0. The highest BCUT2D eigenvalue weighted by molar-refractivity contribution is 5.44. The van der Waals surface area contributed by atoms with Crippen LogP contribution in [0.1, 0.15) is 46.2 Å². The average molecular weight is 364 g/mol. The molecule has 1 fully saturated rings. The minimum Gasteiger partial charge on any atom is -0.264 e. The Kier molecular flexibility index (Phi) is 4.37. The van der Waals surface area contributed by atoms with Crippen molar-refractivity contribution in [1.82, 2.24) is 19.9 Å². The van der Waals surface area contributed by atoms with Gasteiger partial charge in [0.1, 0.15) is 0 Å². The maximum absolute atomic E-state index is 4.72. The summed E-state index contributed by atoms with van der Waals surface area (Å²) in [4.78, 5) is 18.2. The first-order chi connectivity index (χ1) is 13.9. The summed E-state index contributed by atoms with van der Waals surface area (Å²) in [6.07, 6.45) is 11.4. The maximum Gasteiger partial charge on any atom is 0.0447 e. The third kappa shape index (κ3) is 2.87. The van der Waals surface area contributed by atoms with Crippen molar-refractivity contribution in [3.63, 3.8) is 0 Å². The van der Waals surface area contributed by atoms with Crippen molar-refractivity contribution < 1.29 is 0 Å². The molecular formula is C24H20N4. The molecule has 4 aromatic heterocycles.